The van der Waals surface area contributed by atoms with Crippen LogP contribution in [0.25, 0.3) is 0 Å². The van der Waals surface area contributed by atoms with E-state index in [1.807, 2.05) is 0 Å². The van der Waals surface area contributed by atoms with E-state index >= 15 is 0 Å². The molecule has 0 radical (unpaired) electrons. The Morgan fingerprint density at radius 3 is 1.88 bits per heavy atom. The molecule has 17 heavy (non-hydrogen) atoms. The van der Waals surface area contributed by atoms with E-state index in [-0.39, 0.29) is 11.4 Å². The molecule has 0 saturated carbocycles. The fourth-order valence-corrected chi connectivity index (χ4v) is 1.69. The Labute approximate surface area is 98.2 Å². The zero-order chi connectivity index (χ0) is 13.4. The van der Waals surface area contributed by atoms with Crippen LogP contribution in [0.2, 0.25) is 0 Å². The Morgan fingerprint density at radius 2 is 1.53 bits per heavy atom. The molecule has 0 aromatic heterocycles. The third kappa shape index (κ3) is 3.06. The first-order valence-corrected chi connectivity index (χ1v) is 4.94. The van der Waals surface area contributed by atoms with Gasteiger partial charge in [0.15, 0.2) is 0 Å². The number of rotatable bonds is 1. The highest BCUT2D eigenvalue weighted by molar-refractivity contribution is 6.17. The maximum absolute atomic E-state index is 12.5. The standard InChI is InChI=1S/C10H7ClF6/c1-5-2-6(4-11)3-7(9(12,13)14)8(5)10(15,16)17/h2-3H,4H2,1H3. The Kier molecular flexibility index (Phi) is 3.66. The van der Waals surface area contributed by atoms with Gasteiger partial charge in [0.05, 0.1) is 11.1 Å². The summed E-state index contributed by atoms with van der Waals surface area (Å²) in [4.78, 5) is 0. The maximum atomic E-state index is 12.5. The normalized spacial score (nSPS) is 12.9. The number of benzene rings is 1. The molecule has 0 aliphatic carbocycles. The lowest BCUT2D eigenvalue weighted by atomic mass is 9.98. The summed E-state index contributed by atoms with van der Waals surface area (Å²) in [5.41, 5.74) is -3.83. The van der Waals surface area contributed by atoms with Crippen molar-refractivity contribution in [2.45, 2.75) is 25.2 Å². The minimum absolute atomic E-state index is 0.00416. The lowest BCUT2D eigenvalue weighted by Crippen LogP contribution is -2.18. The second-order valence-electron chi connectivity index (χ2n) is 3.46. The monoisotopic (exact) mass is 276 g/mol. The molecular weight excluding hydrogens is 270 g/mol. The largest absolute Gasteiger partial charge is 0.417 e. The predicted molar refractivity (Wildman–Crippen MR) is 50.7 cm³/mol. The van der Waals surface area contributed by atoms with Crippen molar-refractivity contribution in [1.29, 1.82) is 0 Å². The summed E-state index contributed by atoms with van der Waals surface area (Å²) < 4.78 is 75.2. The average Bonchev–Trinajstić information content (AvgIpc) is 2.12. The molecule has 0 aliphatic heterocycles. The molecule has 1 aromatic carbocycles. The molecule has 0 saturated heterocycles. The van der Waals surface area contributed by atoms with Gasteiger partial charge in [0.25, 0.3) is 0 Å². The van der Waals surface area contributed by atoms with Gasteiger partial charge in [0.1, 0.15) is 0 Å². The van der Waals surface area contributed by atoms with Crippen molar-refractivity contribution in [1.82, 2.24) is 0 Å². The first kappa shape index (κ1) is 14.2. The summed E-state index contributed by atoms with van der Waals surface area (Å²) in [6, 6.07) is 1.44. The molecule has 0 nitrogen and oxygen atoms in total. The lowest BCUT2D eigenvalue weighted by Gasteiger charge is -2.18. The molecule has 0 spiro atoms. The van der Waals surface area contributed by atoms with Crippen LogP contribution in [0.3, 0.4) is 0 Å². The van der Waals surface area contributed by atoms with Crippen LogP contribution in [0.1, 0.15) is 22.3 Å². The second-order valence-corrected chi connectivity index (χ2v) is 3.73. The highest BCUT2D eigenvalue weighted by atomic mass is 35.5. The van der Waals surface area contributed by atoms with Crippen molar-refractivity contribution < 1.29 is 26.3 Å². The highest BCUT2D eigenvalue weighted by Gasteiger charge is 2.44. The van der Waals surface area contributed by atoms with E-state index < -0.39 is 29.0 Å². The van der Waals surface area contributed by atoms with Crippen LogP contribution in [0.4, 0.5) is 26.3 Å². The fraction of sp³-hybridized carbons (Fsp3) is 0.400. The number of aryl methyl sites for hydroxylation is 1. The fourth-order valence-electron chi connectivity index (χ4n) is 1.54. The molecule has 0 aliphatic rings. The lowest BCUT2D eigenvalue weighted by molar-refractivity contribution is -0.162. The summed E-state index contributed by atoms with van der Waals surface area (Å²) >= 11 is 5.34. The zero-order valence-electron chi connectivity index (χ0n) is 8.51. The summed E-state index contributed by atoms with van der Waals surface area (Å²) in [7, 11) is 0. The van der Waals surface area contributed by atoms with Crippen LogP contribution >= 0.6 is 11.6 Å². The minimum Gasteiger partial charge on any atom is -0.166 e. The molecule has 0 bridgehead atoms. The SMILES string of the molecule is Cc1cc(CCl)cc(C(F)(F)F)c1C(F)(F)F. The topological polar surface area (TPSA) is 0 Å². The maximum Gasteiger partial charge on any atom is 0.417 e. The summed E-state index contributed by atoms with van der Waals surface area (Å²) in [5.74, 6) is -0.276. The average molecular weight is 277 g/mol. The van der Waals surface area contributed by atoms with Gasteiger partial charge < -0.3 is 0 Å². The van der Waals surface area contributed by atoms with E-state index in [4.69, 9.17) is 11.6 Å². The van der Waals surface area contributed by atoms with Gasteiger partial charge in [-0.2, -0.15) is 26.3 Å². The first-order chi connectivity index (χ1) is 7.57. The van der Waals surface area contributed by atoms with Gasteiger partial charge in [-0.25, -0.2) is 0 Å². The van der Waals surface area contributed by atoms with E-state index in [0.29, 0.717) is 6.07 Å². The molecular formula is C10H7ClF6. The van der Waals surface area contributed by atoms with Crippen molar-refractivity contribution in [3.8, 4) is 0 Å². The van der Waals surface area contributed by atoms with Gasteiger partial charge >= 0.3 is 12.4 Å². The smallest absolute Gasteiger partial charge is 0.166 e. The summed E-state index contributed by atoms with van der Waals surface area (Å²) in [6.45, 7) is 0.980. The zero-order valence-corrected chi connectivity index (χ0v) is 9.26. The number of alkyl halides is 7. The Morgan fingerprint density at radius 1 is 1.00 bits per heavy atom. The Balaban J connectivity index is 3.58. The van der Waals surface area contributed by atoms with Gasteiger partial charge in [0, 0.05) is 5.88 Å². The van der Waals surface area contributed by atoms with Crippen molar-refractivity contribution in [3.05, 3.63) is 34.4 Å². The molecule has 0 unspecified atom stereocenters. The van der Waals surface area contributed by atoms with E-state index in [2.05, 4.69) is 0 Å². The van der Waals surface area contributed by atoms with Gasteiger partial charge in [-0.1, -0.05) is 6.07 Å². The van der Waals surface area contributed by atoms with Crippen molar-refractivity contribution in [2.24, 2.45) is 0 Å². The molecule has 1 aromatic rings. The van der Waals surface area contributed by atoms with Gasteiger partial charge in [-0.05, 0) is 24.1 Å². The third-order valence-electron chi connectivity index (χ3n) is 2.14. The quantitative estimate of drug-likeness (QED) is 0.512. The van der Waals surface area contributed by atoms with Crippen LogP contribution in [0.5, 0.6) is 0 Å². The molecule has 96 valence electrons. The van der Waals surface area contributed by atoms with Gasteiger partial charge in [-0.15, -0.1) is 11.6 Å². The van der Waals surface area contributed by atoms with Crippen molar-refractivity contribution in [3.63, 3.8) is 0 Å². The van der Waals surface area contributed by atoms with Crippen LogP contribution in [-0.4, -0.2) is 0 Å². The molecule has 0 atom stereocenters. The van der Waals surface area contributed by atoms with Crippen molar-refractivity contribution in [2.75, 3.05) is 0 Å². The second kappa shape index (κ2) is 4.40. The molecule has 0 heterocycles. The van der Waals surface area contributed by atoms with Crippen molar-refractivity contribution >= 4 is 11.6 Å². The molecule has 0 N–H and O–H groups in total. The molecule has 0 amide bonds. The van der Waals surface area contributed by atoms with Crippen LogP contribution in [0.15, 0.2) is 12.1 Å². The van der Waals surface area contributed by atoms with Crippen LogP contribution in [-0.2, 0) is 18.2 Å². The van der Waals surface area contributed by atoms with Crippen LogP contribution < -0.4 is 0 Å². The van der Waals surface area contributed by atoms with E-state index in [9.17, 15) is 26.3 Å². The van der Waals surface area contributed by atoms with E-state index in [0.717, 1.165) is 13.0 Å². The van der Waals surface area contributed by atoms with Gasteiger partial charge in [0.2, 0.25) is 0 Å². The van der Waals surface area contributed by atoms with Crippen LogP contribution in [0, 0.1) is 6.92 Å². The molecule has 7 heteroatoms. The number of halogens is 7. The third-order valence-corrected chi connectivity index (χ3v) is 2.45. The van der Waals surface area contributed by atoms with Gasteiger partial charge in [-0.3, -0.25) is 0 Å². The van der Waals surface area contributed by atoms with E-state index in [1.54, 1.807) is 0 Å². The first-order valence-electron chi connectivity index (χ1n) is 4.41. The summed E-state index contributed by atoms with van der Waals surface area (Å²) in [6.07, 6.45) is -10.1. The highest BCUT2D eigenvalue weighted by Crippen LogP contribution is 2.42. The predicted octanol–water partition coefficient (Wildman–Crippen LogP) is 4.77. The summed E-state index contributed by atoms with van der Waals surface area (Å²) in [5, 5.41) is 0. The molecule has 0 fully saturated rings. The number of hydrogen-bond acceptors (Lipinski definition) is 0. The Hall–Kier alpha value is -0.910. The molecule has 1 rings (SSSR count). The van der Waals surface area contributed by atoms with E-state index in [1.165, 1.54) is 0 Å². The minimum atomic E-state index is -5.06. The number of hydrogen-bond donors (Lipinski definition) is 0. The Bertz CT molecular complexity index is 418.